The minimum Gasteiger partial charge on any atom is -0.288 e. The third kappa shape index (κ3) is 6.04. The highest BCUT2D eigenvalue weighted by Gasteiger charge is 2.65. The highest BCUT2D eigenvalue weighted by Crippen LogP contribution is 2.21. The van der Waals surface area contributed by atoms with E-state index in [0.717, 1.165) is 5.43 Å². The molecule has 0 aliphatic heterocycles. The second-order valence-electron chi connectivity index (χ2n) is 5.37. The molecule has 0 fully saturated rings. The van der Waals surface area contributed by atoms with Gasteiger partial charge < -0.3 is 0 Å². The average molecular weight is 496 g/mol. The van der Waals surface area contributed by atoms with Gasteiger partial charge in [0.05, 0.1) is 0 Å². The Morgan fingerprint density at radius 1 is 0.697 bits per heavy atom. The second kappa shape index (κ2) is 9.91. The number of alkyl halides is 3. The molecule has 0 saturated heterocycles. The summed E-state index contributed by atoms with van der Waals surface area (Å²) in [7, 11) is 0. The summed E-state index contributed by atoms with van der Waals surface area (Å²) in [5.74, 6) is -14.3. The molecule has 0 bridgehead atoms. The Hall–Kier alpha value is -4.94. The molecule has 0 atom stereocenters. The number of nitro groups is 6. The van der Waals surface area contributed by atoms with Gasteiger partial charge in [0, 0.05) is 0 Å². The van der Waals surface area contributed by atoms with E-state index >= 15 is 0 Å². The molecule has 0 rings (SSSR count). The molecule has 1 N–H and O–H groups in total. The van der Waals surface area contributed by atoms with E-state index in [2.05, 4.69) is 10.3 Å². The number of amides is 2. The van der Waals surface area contributed by atoms with E-state index in [4.69, 9.17) is 0 Å². The molecular weight excluding hydrogens is 489 g/mol. The van der Waals surface area contributed by atoms with Crippen LogP contribution in [0.1, 0.15) is 0 Å². The Kier molecular flexibility index (Phi) is 8.43. The summed E-state index contributed by atoms with van der Waals surface area (Å²) in [6.45, 7) is -7.04. The van der Waals surface area contributed by atoms with Gasteiger partial charge in [0.2, 0.25) is 19.6 Å². The fourth-order valence-corrected chi connectivity index (χ4v) is 1.51. The van der Waals surface area contributed by atoms with E-state index in [-0.39, 0.29) is 0 Å². The lowest BCUT2D eigenvalue weighted by atomic mass is 10.3. The fraction of sp³-hybridized carbons (Fsp3) is 0.857. The molecule has 0 aliphatic carbocycles. The predicted octanol–water partition coefficient (Wildman–Crippen LogP) is -1.10. The lowest BCUT2D eigenvalue weighted by molar-refractivity contribution is -0.837. The summed E-state index contributed by atoms with van der Waals surface area (Å²) in [5, 5.41) is 67.9. The third-order valence-corrected chi connectivity index (χ3v) is 3.24. The number of nitrogens with one attached hydrogen (secondary N) is 1. The Labute approximate surface area is 173 Å². The minimum absolute atomic E-state index is 0.875. The maximum Gasteiger partial charge on any atom is 0.635 e. The first-order valence-electron chi connectivity index (χ1n) is 7.21. The molecule has 0 aliphatic rings. The lowest BCUT2D eigenvalue weighted by Gasteiger charge is -2.22. The molecular formula is C7H7F3N10O13. The van der Waals surface area contributed by atoms with Crippen molar-refractivity contribution in [3.05, 3.63) is 60.7 Å². The molecule has 0 heterocycles. The van der Waals surface area contributed by atoms with Gasteiger partial charge in [-0.25, -0.2) is 10.2 Å². The quantitative estimate of drug-likeness (QED) is 0.104. The normalized spacial score (nSPS) is 12.1. The minimum atomic E-state index is -4.89. The summed E-state index contributed by atoms with van der Waals surface area (Å²) in [5.41, 5.74) is 0.944. The zero-order valence-corrected chi connectivity index (χ0v) is 15.1. The molecule has 0 unspecified atom stereocenters. The van der Waals surface area contributed by atoms with Crippen molar-refractivity contribution in [1.82, 2.24) is 10.3 Å². The van der Waals surface area contributed by atoms with E-state index in [0.29, 0.717) is 0 Å². The molecule has 0 aromatic heterocycles. The van der Waals surface area contributed by atoms with Crippen molar-refractivity contribution in [3.63, 3.8) is 0 Å². The number of carbonyl (C=O) groups excluding carboxylic acids is 1. The zero-order valence-electron chi connectivity index (χ0n) is 15.1. The summed E-state index contributed by atoms with van der Waals surface area (Å²) < 4.78 is 41.5. The molecule has 0 aromatic carbocycles. The summed E-state index contributed by atoms with van der Waals surface area (Å²) >= 11 is 0. The standard InChI is InChI=1S/C7H7F3N10O13/c8-5(15(22)23,16(24)25)1-11-13-12-4(21)14(2-6(9,17(26)27)18(28)29)3-7(10,19(30)31)20(32)33/h1-3H2,(H,11,12,21). The van der Waals surface area contributed by atoms with Gasteiger partial charge in [-0.05, 0) is 0 Å². The van der Waals surface area contributed by atoms with Gasteiger partial charge in [0.15, 0.2) is 0 Å². The van der Waals surface area contributed by atoms with Crippen molar-refractivity contribution in [1.29, 1.82) is 0 Å². The number of halogens is 3. The zero-order chi connectivity index (χ0) is 26.4. The molecule has 0 spiro atoms. The smallest absolute Gasteiger partial charge is 0.288 e. The van der Waals surface area contributed by atoms with Crippen LogP contribution in [0.2, 0.25) is 0 Å². The van der Waals surface area contributed by atoms with Crippen LogP contribution in [0.25, 0.3) is 0 Å². The van der Waals surface area contributed by atoms with E-state index in [1.54, 1.807) is 0 Å². The van der Waals surface area contributed by atoms with Crippen LogP contribution in [0, 0.1) is 60.7 Å². The van der Waals surface area contributed by atoms with Crippen LogP contribution in [-0.2, 0) is 0 Å². The molecule has 184 valence electrons. The van der Waals surface area contributed by atoms with Crippen molar-refractivity contribution in [2.24, 2.45) is 10.3 Å². The molecule has 0 radical (unpaired) electrons. The first kappa shape index (κ1) is 28.1. The van der Waals surface area contributed by atoms with Gasteiger partial charge in [-0.1, -0.05) is 18.4 Å². The fourth-order valence-electron chi connectivity index (χ4n) is 1.51. The van der Waals surface area contributed by atoms with Crippen LogP contribution in [0.4, 0.5) is 18.0 Å². The van der Waals surface area contributed by atoms with Gasteiger partial charge in [-0.2, -0.15) is 5.11 Å². The van der Waals surface area contributed by atoms with E-state index in [1.165, 1.54) is 0 Å². The maximum atomic E-state index is 14.0. The van der Waals surface area contributed by atoms with E-state index < -0.39 is 77.9 Å². The Balaban J connectivity index is 5.97. The molecule has 0 aromatic rings. The predicted molar refractivity (Wildman–Crippen MR) is 83.3 cm³/mol. The second-order valence-corrected chi connectivity index (χ2v) is 5.37. The summed E-state index contributed by atoms with van der Waals surface area (Å²) in [6.07, 6.45) is 0. The van der Waals surface area contributed by atoms with Crippen molar-refractivity contribution in [2.45, 2.75) is 17.7 Å². The highest BCUT2D eigenvalue weighted by molar-refractivity contribution is 5.73. The van der Waals surface area contributed by atoms with Crippen LogP contribution in [0.5, 0.6) is 0 Å². The molecule has 33 heavy (non-hydrogen) atoms. The van der Waals surface area contributed by atoms with Crippen molar-refractivity contribution in [3.8, 4) is 0 Å². The van der Waals surface area contributed by atoms with Crippen LogP contribution >= 0.6 is 0 Å². The van der Waals surface area contributed by atoms with Crippen LogP contribution < -0.4 is 5.43 Å². The van der Waals surface area contributed by atoms with Crippen LogP contribution in [0.3, 0.4) is 0 Å². The topological polar surface area (TPSA) is 316 Å². The Bertz CT molecular complexity index is 829. The van der Waals surface area contributed by atoms with Crippen molar-refractivity contribution >= 4 is 6.03 Å². The third-order valence-electron chi connectivity index (χ3n) is 3.24. The molecule has 23 nitrogen and oxygen atoms in total. The van der Waals surface area contributed by atoms with Gasteiger partial charge in [-0.15, -0.1) is 0 Å². The number of carbonyl (C=O) groups is 1. The van der Waals surface area contributed by atoms with Crippen LogP contribution in [0.15, 0.2) is 10.3 Å². The van der Waals surface area contributed by atoms with Crippen LogP contribution in [-0.4, -0.2) is 77.9 Å². The monoisotopic (exact) mass is 496 g/mol. The summed E-state index contributed by atoms with van der Waals surface area (Å²) in [4.78, 5) is 60.7. The van der Waals surface area contributed by atoms with E-state index in [1.807, 2.05) is 0 Å². The largest absolute Gasteiger partial charge is 0.635 e. The molecule has 0 saturated carbocycles. The SMILES string of the molecule is O=C(NN=NCC(F)([N+](=O)[O-])[N+](=O)[O-])N(CC(F)([N+](=O)[O-])[N+](=O)[O-])CC(F)([N+](=O)[O-])[N+](=O)[O-]. The first-order chi connectivity index (χ1) is 14.9. The number of rotatable bonds is 13. The van der Waals surface area contributed by atoms with Crippen molar-refractivity contribution < 1.29 is 47.5 Å². The lowest BCUT2D eigenvalue weighted by Crippen LogP contribution is -2.59. The number of hydrogen-bond donors (Lipinski definition) is 1. The Morgan fingerprint density at radius 2 is 1.00 bits per heavy atom. The molecule has 26 heteroatoms. The van der Waals surface area contributed by atoms with Gasteiger partial charge in [-0.3, -0.25) is 65.6 Å². The number of urea groups is 1. The molecule has 2 amide bonds. The van der Waals surface area contributed by atoms with Gasteiger partial charge in [0.25, 0.3) is 0 Å². The van der Waals surface area contributed by atoms with Crippen molar-refractivity contribution in [2.75, 3.05) is 19.6 Å². The van der Waals surface area contributed by atoms with E-state index in [9.17, 15) is 78.7 Å². The van der Waals surface area contributed by atoms with Gasteiger partial charge >= 0.3 is 23.8 Å². The average Bonchev–Trinajstić information content (AvgIpc) is 2.68. The van der Waals surface area contributed by atoms with Gasteiger partial charge in [0.1, 0.15) is 29.5 Å². The Morgan fingerprint density at radius 3 is 1.27 bits per heavy atom. The number of nitrogens with zero attached hydrogens (tertiary/aromatic N) is 9. The highest BCUT2D eigenvalue weighted by atomic mass is 19.2. The summed E-state index contributed by atoms with van der Waals surface area (Å²) in [6, 6.07) is -2.30. The maximum absolute atomic E-state index is 14.0. The number of hydrogen-bond acceptors (Lipinski definition) is 15. The first-order valence-corrected chi connectivity index (χ1v) is 7.21.